The Bertz CT molecular complexity index is 1680. The number of rotatable bonds is 16. The number of nitrogens with two attached hydrogens (primary N) is 1. The molecule has 1 heterocycles. The molecule has 0 radical (unpaired) electrons. The van der Waals surface area contributed by atoms with Gasteiger partial charge in [-0.2, -0.15) is 0 Å². The molecule has 2 amide bonds. The zero-order valence-corrected chi connectivity index (χ0v) is 29.4. The minimum absolute atomic E-state index is 0.0242. The van der Waals surface area contributed by atoms with E-state index >= 15 is 0 Å². The second kappa shape index (κ2) is 18.6. The molecular weight excluding hydrogens is 644 g/mol. The minimum atomic E-state index is -0.645. The fourth-order valence-corrected chi connectivity index (χ4v) is 6.17. The van der Waals surface area contributed by atoms with Gasteiger partial charge in [-0.3, -0.25) is 14.5 Å². The lowest BCUT2D eigenvalue weighted by atomic mass is 9.98. The average Bonchev–Trinajstić information content (AvgIpc) is 3.16. The summed E-state index contributed by atoms with van der Waals surface area (Å²) in [5, 5.41) is 26.4. The molecule has 6 N–H and O–H groups in total. The number of para-hydroxylation sites is 2. The predicted molar refractivity (Wildman–Crippen MR) is 198 cm³/mol. The van der Waals surface area contributed by atoms with Gasteiger partial charge >= 0.3 is 0 Å². The Morgan fingerprint density at radius 3 is 2.16 bits per heavy atom. The number of nitrogens with zero attached hydrogens (tertiary/aromatic N) is 1. The van der Waals surface area contributed by atoms with Crippen molar-refractivity contribution in [2.24, 2.45) is 0 Å². The number of aliphatic hydroxyl groups excluding tert-OH is 2. The van der Waals surface area contributed by atoms with Crippen molar-refractivity contribution in [1.82, 2.24) is 10.2 Å². The maximum absolute atomic E-state index is 12.5. The lowest BCUT2D eigenvalue weighted by molar-refractivity contribution is -0.253. The Morgan fingerprint density at radius 1 is 0.843 bits per heavy atom. The molecule has 0 aliphatic carbocycles. The number of likely N-dealkylation sites (N-methyl/N-ethyl adjacent to an activating group) is 1. The van der Waals surface area contributed by atoms with Crippen LogP contribution in [0.1, 0.15) is 85.3 Å². The number of anilines is 2. The molecule has 0 spiro atoms. The number of nitrogens with one attached hydrogen (secondary N) is 2. The molecule has 270 valence electrons. The molecule has 0 saturated carbocycles. The van der Waals surface area contributed by atoms with E-state index in [4.69, 9.17) is 15.2 Å². The third-order valence-electron chi connectivity index (χ3n) is 9.43. The number of benzene rings is 4. The first-order valence-corrected chi connectivity index (χ1v) is 17.6. The topological polar surface area (TPSA) is 146 Å². The van der Waals surface area contributed by atoms with Crippen LogP contribution in [-0.2, 0) is 32.2 Å². The Morgan fingerprint density at radius 2 is 1.47 bits per heavy atom. The highest BCUT2D eigenvalue weighted by Crippen LogP contribution is 2.38. The summed E-state index contributed by atoms with van der Waals surface area (Å²) in [4.78, 5) is 26.9. The van der Waals surface area contributed by atoms with Gasteiger partial charge in [0.05, 0.1) is 36.3 Å². The molecule has 5 unspecified atom stereocenters. The van der Waals surface area contributed by atoms with Gasteiger partial charge in [-0.25, -0.2) is 0 Å². The van der Waals surface area contributed by atoms with E-state index in [-0.39, 0.29) is 36.7 Å². The Labute approximate surface area is 300 Å². The van der Waals surface area contributed by atoms with Gasteiger partial charge in [-0.15, -0.1) is 0 Å². The van der Waals surface area contributed by atoms with E-state index in [1.165, 1.54) is 0 Å². The van der Waals surface area contributed by atoms with Gasteiger partial charge in [0.25, 0.3) is 0 Å². The predicted octanol–water partition coefficient (Wildman–Crippen LogP) is 6.18. The normalized spacial score (nSPS) is 18.6. The summed E-state index contributed by atoms with van der Waals surface area (Å²) in [7, 11) is 2.00. The van der Waals surface area contributed by atoms with Crippen molar-refractivity contribution < 1.29 is 29.3 Å². The molecule has 10 heteroatoms. The SMILES string of the molecule is CC(C(O)c1ccccc1)N(C)CC1CC(c2ccc(CO)cc2)OC(c2ccc(CNC(=O)CCCCC(=O)Nc3ccccc3N)cc2)O1. The zero-order chi connectivity index (χ0) is 36.2. The van der Waals surface area contributed by atoms with Gasteiger partial charge in [0.15, 0.2) is 6.29 Å². The molecule has 0 aromatic heterocycles. The van der Waals surface area contributed by atoms with Crippen molar-refractivity contribution in [2.75, 3.05) is 24.6 Å². The molecule has 4 aromatic rings. The van der Waals surface area contributed by atoms with E-state index in [1.807, 2.05) is 105 Å². The highest BCUT2D eigenvalue weighted by Gasteiger charge is 2.34. The molecule has 1 aliphatic rings. The van der Waals surface area contributed by atoms with E-state index in [0.29, 0.717) is 56.6 Å². The second-order valence-corrected chi connectivity index (χ2v) is 13.2. The van der Waals surface area contributed by atoms with E-state index in [1.54, 1.807) is 12.1 Å². The van der Waals surface area contributed by atoms with Crippen LogP contribution in [0.2, 0.25) is 0 Å². The van der Waals surface area contributed by atoms with Crippen LogP contribution in [0.15, 0.2) is 103 Å². The lowest BCUT2D eigenvalue weighted by Crippen LogP contribution is -2.43. The number of carbonyl (C=O) groups excluding carboxylic acids is 2. The number of nitrogen functional groups attached to an aromatic ring is 1. The monoisotopic (exact) mass is 694 g/mol. The van der Waals surface area contributed by atoms with Crippen LogP contribution in [0.25, 0.3) is 0 Å². The summed E-state index contributed by atoms with van der Waals surface area (Å²) >= 11 is 0. The summed E-state index contributed by atoms with van der Waals surface area (Å²) in [6, 6.07) is 32.3. The van der Waals surface area contributed by atoms with E-state index in [9.17, 15) is 19.8 Å². The van der Waals surface area contributed by atoms with E-state index in [0.717, 1.165) is 27.8 Å². The number of ether oxygens (including phenoxy) is 2. The number of hydrogen-bond donors (Lipinski definition) is 5. The first-order valence-electron chi connectivity index (χ1n) is 17.6. The van der Waals surface area contributed by atoms with Crippen molar-refractivity contribution in [3.05, 3.63) is 131 Å². The summed E-state index contributed by atoms with van der Waals surface area (Å²) in [6.07, 6.45) is 0.802. The minimum Gasteiger partial charge on any atom is -0.397 e. The first-order chi connectivity index (χ1) is 24.7. The fraction of sp³-hybridized carbons (Fsp3) is 0.366. The van der Waals surface area contributed by atoms with Crippen LogP contribution >= 0.6 is 0 Å². The fourth-order valence-electron chi connectivity index (χ4n) is 6.17. The second-order valence-electron chi connectivity index (χ2n) is 13.2. The molecule has 10 nitrogen and oxygen atoms in total. The summed E-state index contributed by atoms with van der Waals surface area (Å²) in [5.41, 5.74) is 11.5. The third kappa shape index (κ3) is 11.0. The van der Waals surface area contributed by atoms with Gasteiger partial charge in [0.1, 0.15) is 0 Å². The highest BCUT2D eigenvalue weighted by atomic mass is 16.7. The Kier molecular flexibility index (Phi) is 13.7. The number of amides is 2. The van der Waals surface area contributed by atoms with Crippen LogP contribution in [0, 0.1) is 0 Å². The van der Waals surface area contributed by atoms with Gasteiger partial charge in [-0.1, -0.05) is 91.0 Å². The zero-order valence-electron chi connectivity index (χ0n) is 29.4. The third-order valence-corrected chi connectivity index (χ3v) is 9.43. The number of carbonyl (C=O) groups is 2. The number of unbranched alkanes of at least 4 members (excludes halogenated alkanes) is 1. The van der Waals surface area contributed by atoms with Crippen LogP contribution in [-0.4, -0.2) is 52.7 Å². The van der Waals surface area contributed by atoms with Gasteiger partial charge in [-0.05, 0) is 61.2 Å². The molecule has 51 heavy (non-hydrogen) atoms. The largest absolute Gasteiger partial charge is 0.397 e. The van der Waals surface area contributed by atoms with Gasteiger partial charge < -0.3 is 36.1 Å². The van der Waals surface area contributed by atoms with Crippen molar-refractivity contribution >= 4 is 23.2 Å². The summed E-state index contributed by atoms with van der Waals surface area (Å²) in [6.45, 7) is 2.96. The quantitative estimate of drug-likeness (QED) is 0.0691. The molecule has 5 rings (SSSR count). The first kappa shape index (κ1) is 37.7. The molecule has 1 fully saturated rings. The van der Waals surface area contributed by atoms with Gasteiger partial charge in [0.2, 0.25) is 11.8 Å². The maximum Gasteiger partial charge on any atom is 0.224 e. The summed E-state index contributed by atoms with van der Waals surface area (Å²) in [5.74, 6) is -0.195. The highest BCUT2D eigenvalue weighted by molar-refractivity contribution is 5.93. The average molecular weight is 695 g/mol. The number of hydrogen-bond acceptors (Lipinski definition) is 8. The Hall–Kier alpha value is -4.58. The van der Waals surface area contributed by atoms with Crippen LogP contribution in [0.4, 0.5) is 11.4 Å². The molecule has 1 saturated heterocycles. The molecular formula is C41H50N4O6. The smallest absolute Gasteiger partial charge is 0.224 e. The van der Waals surface area contributed by atoms with Crippen molar-refractivity contribution in [3.8, 4) is 0 Å². The maximum atomic E-state index is 12.5. The van der Waals surface area contributed by atoms with Crippen molar-refractivity contribution in [1.29, 1.82) is 0 Å². The molecule has 1 aliphatic heterocycles. The lowest BCUT2D eigenvalue weighted by Gasteiger charge is -2.39. The van der Waals surface area contributed by atoms with E-state index in [2.05, 4.69) is 15.5 Å². The van der Waals surface area contributed by atoms with Crippen molar-refractivity contribution in [3.63, 3.8) is 0 Å². The summed E-state index contributed by atoms with van der Waals surface area (Å²) < 4.78 is 13.0. The van der Waals surface area contributed by atoms with E-state index < -0.39 is 12.4 Å². The number of aliphatic hydroxyl groups is 2. The molecule has 4 aromatic carbocycles. The molecule has 0 bridgehead atoms. The van der Waals surface area contributed by atoms with Crippen LogP contribution < -0.4 is 16.4 Å². The van der Waals surface area contributed by atoms with Crippen LogP contribution in [0.5, 0.6) is 0 Å². The van der Waals surface area contributed by atoms with Crippen molar-refractivity contribution in [2.45, 2.75) is 82.8 Å². The standard InChI is InChI=1S/C41H50N4O6/c1-28(40(49)32-10-4-3-5-11-32)45(2)26-34-24-37(31-20-18-30(27-46)19-21-31)51-41(50-34)33-22-16-29(17-23-33)25-43-38(47)14-8-9-15-39(48)44-36-13-7-6-12-35(36)42/h3-7,10-13,16-23,28,34,37,40-41,46,49H,8-9,14-15,24-27,42H2,1-2H3,(H,43,47)(H,44,48). The van der Waals surface area contributed by atoms with Crippen LogP contribution in [0.3, 0.4) is 0 Å². The molecule has 5 atom stereocenters. The Balaban J connectivity index is 1.14. The van der Waals surface area contributed by atoms with Gasteiger partial charge in [0, 0.05) is 44.0 Å².